The maximum atomic E-state index is 12.9. The highest BCUT2D eigenvalue weighted by atomic mass is 32.2. The second-order valence-corrected chi connectivity index (χ2v) is 10.0. The normalized spacial score (nSPS) is 17.7. The SMILES string of the molecule is CN1CCNCCOCCOc2ccccc2NCc2nc(cnc2N)-c2ccc(cc2)S1(=O)=O. The van der Waals surface area contributed by atoms with Crippen molar-refractivity contribution < 1.29 is 17.9 Å². The lowest BCUT2D eigenvalue weighted by molar-refractivity contribution is 0.102. The molecule has 3 aromatic rings. The van der Waals surface area contributed by atoms with E-state index >= 15 is 0 Å². The molecule has 186 valence electrons. The summed E-state index contributed by atoms with van der Waals surface area (Å²) in [5, 5.41) is 6.52. The highest BCUT2D eigenvalue weighted by molar-refractivity contribution is 7.89. The molecule has 0 unspecified atom stereocenters. The molecule has 0 amide bonds. The van der Waals surface area contributed by atoms with E-state index in [2.05, 4.69) is 20.6 Å². The number of nitrogens with two attached hydrogens (primary N) is 1. The van der Waals surface area contributed by atoms with Gasteiger partial charge in [0.25, 0.3) is 0 Å². The maximum absolute atomic E-state index is 12.9. The summed E-state index contributed by atoms with van der Waals surface area (Å²) in [4.78, 5) is 9.16. The number of anilines is 2. The number of nitrogens with zero attached hydrogens (tertiary/aromatic N) is 3. The number of fused-ring (bicyclic) bond motifs is 13. The highest BCUT2D eigenvalue weighted by Crippen LogP contribution is 2.26. The summed E-state index contributed by atoms with van der Waals surface area (Å²) in [6, 6.07) is 14.2. The van der Waals surface area contributed by atoms with Gasteiger partial charge in [-0.1, -0.05) is 24.3 Å². The Morgan fingerprint density at radius 2 is 1.83 bits per heavy atom. The smallest absolute Gasteiger partial charge is 0.242 e. The first-order valence-electron chi connectivity index (χ1n) is 11.4. The molecule has 35 heavy (non-hydrogen) atoms. The molecule has 0 spiro atoms. The third-order valence-corrected chi connectivity index (χ3v) is 7.45. The van der Waals surface area contributed by atoms with E-state index in [4.69, 9.17) is 15.2 Å². The molecule has 2 aromatic carbocycles. The van der Waals surface area contributed by atoms with Crippen LogP contribution >= 0.6 is 0 Å². The van der Waals surface area contributed by atoms with Crippen LogP contribution in [0.3, 0.4) is 0 Å². The van der Waals surface area contributed by atoms with Crippen molar-refractivity contribution in [3.63, 3.8) is 0 Å². The quantitative estimate of drug-likeness (QED) is 0.398. The first-order chi connectivity index (χ1) is 16.9. The summed E-state index contributed by atoms with van der Waals surface area (Å²) in [7, 11) is -2.04. The van der Waals surface area contributed by atoms with Crippen molar-refractivity contribution in [1.29, 1.82) is 0 Å². The Balaban J connectivity index is 1.60. The number of likely N-dealkylation sites (N-methyl/N-ethyl adjacent to an activating group) is 1. The zero-order valence-corrected chi connectivity index (χ0v) is 20.4. The van der Waals surface area contributed by atoms with Gasteiger partial charge in [0.1, 0.15) is 23.9 Å². The van der Waals surface area contributed by atoms with Crippen LogP contribution in [-0.4, -0.2) is 69.2 Å². The van der Waals surface area contributed by atoms with E-state index < -0.39 is 10.0 Å². The summed E-state index contributed by atoms with van der Waals surface area (Å²) in [5.41, 5.74) is 8.80. The number of hydrogen-bond donors (Lipinski definition) is 3. The number of nitrogens with one attached hydrogen (secondary N) is 2. The molecule has 5 rings (SSSR count). The van der Waals surface area contributed by atoms with Crippen LogP contribution in [0.15, 0.2) is 59.6 Å². The number of ether oxygens (including phenoxy) is 2. The first kappa shape index (κ1) is 24.9. The number of nitrogen functional groups attached to an aromatic ring is 1. The minimum atomic E-state index is -3.61. The molecular weight excluding hydrogens is 468 g/mol. The fraction of sp³-hybridized carbons (Fsp3) is 0.333. The van der Waals surface area contributed by atoms with Crippen molar-refractivity contribution in [3.8, 4) is 17.0 Å². The van der Waals surface area contributed by atoms with Crippen LogP contribution in [0, 0.1) is 0 Å². The van der Waals surface area contributed by atoms with E-state index in [1.165, 1.54) is 4.31 Å². The number of aromatic nitrogens is 2. The molecule has 1 aromatic heterocycles. The second-order valence-electron chi connectivity index (χ2n) is 8.00. The van der Waals surface area contributed by atoms with Crippen molar-refractivity contribution in [2.24, 2.45) is 0 Å². The monoisotopic (exact) mass is 498 g/mol. The van der Waals surface area contributed by atoms with E-state index in [0.29, 0.717) is 69.0 Å². The summed E-state index contributed by atoms with van der Waals surface area (Å²) in [6.07, 6.45) is 1.58. The molecule has 0 atom stereocenters. The van der Waals surface area contributed by atoms with E-state index in [9.17, 15) is 8.42 Å². The molecule has 11 heteroatoms. The minimum Gasteiger partial charge on any atom is -0.489 e. The van der Waals surface area contributed by atoms with E-state index in [1.807, 2.05) is 24.3 Å². The van der Waals surface area contributed by atoms with Gasteiger partial charge in [-0.3, -0.25) is 0 Å². The average molecular weight is 499 g/mol. The van der Waals surface area contributed by atoms with Crippen molar-refractivity contribution >= 4 is 21.5 Å². The van der Waals surface area contributed by atoms with Gasteiger partial charge in [0.2, 0.25) is 10.0 Å². The first-order valence-corrected chi connectivity index (χ1v) is 12.8. The van der Waals surface area contributed by atoms with Gasteiger partial charge in [-0.05, 0) is 24.3 Å². The minimum absolute atomic E-state index is 0.219. The van der Waals surface area contributed by atoms with Crippen molar-refractivity contribution in [3.05, 3.63) is 60.4 Å². The van der Waals surface area contributed by atoms with Crippen LogP contribution in [0.1, 0.15) is 5.69 Å². The van der Waals surface area contributed by atoms with Crippen LogP contribution in [0.2, 0.25) is 0 Å². The van der Waals surface area contributed by atoms with Gasteiger partial charge in [-0.25, -0.2) is 18.4 Å². The predicted octanol–water partition coefficient (Wildman–Crippen LogP) is 1.96. The number of sulfonamides is 1. The lowest BCUT2D eigenvalue weighted by Crippen LogP contribution is -2.35. The molecule has 0 fully saturated rings. The largest absolute Gasteiger partial charge is 0.489 e. The summed E-state index contributed by atoms with van der Waals surface area (Å²) >= 11 is 0. The molecule has 2 aliphatic heterocycles. The highest BCUT2D eigenvalue weighted by Gasteiger charge is 2.20. The Morgan fingerprint density at radius 3 is 2.66 bits per heavy atom. The topological polar surface area (TPSA) is 132 Å². The van der Waals surface area contributed by atoms with Crippen molar-refractivity contribution in [2.45, 2.75) is 11.4 Å². The Labute approximate surface area is 205 Å². The molecule has 0 aliphatic carbocycles. The lowest BCUT2D eigenvalue weighted by Gasteiger charge is -2.18. The zero-order valence-electron chi connectivity index (χ0n) is 19.6. The van der Waals surface area contributed by atoms with Gasteiger partial charge in [-0.2, -0.15) is 4.31 Å². The molecule has 3 heterocycles. The third-order valence-electron chi connectivity index (χ3n) is 5.58. The molecule has 0 radical (unpaired) electrons. The van der Waals surface area contributed by atoms with Gasteiger partial charge < -0.3 is 25.8 Å². The van der Waals surface area contributed by atoms with Crippen LogP contribution in [-0.2, 0) is 21.3 Å². The Hall–Kier alpha value is -3.25. The van der Waals surface area contributed by atoms with Crippen LogP contribution in [0.4, 0.5) is 11.5 Å². The number of hydrogen-bond acceptors (Lipinski definition) is 9. The summed E-state index contributed by atoms with van der Waals surface area (Å²) in [6.45, 7) is 3.12. The molecule has 0 saturated carbocycles. The molecule has 4 bridgehead atoms. The molecule has 2 aliphatic rings. The summed E-state index contributed by atoms with van der Waals surface area (Å²) in [5.74, 6) is 1.02. The number of para-hydroxylation sites is 2. The molecule has 4 N–H and O–H groups in total. The third kappa shape index (κ3) is 6.25. The zero-order chi connectivity index (χ0) is 24.7. The van der Waals surface area contributed by atoms with E-state index in [-0.39, 0.29) is 4.90 Å². The number of rotatable bonds is 0. The van der Waals surface area contributed by atoms with Crippen LogP contribution in [0.25, 0.3) is 11.3 Å². The molecule has 0 saturated heterocycles. The van der Waals surface area contributed by atoms with Crippen LogP contribution in [0.5, 0.6) is 5.75 Å². The van der Waals surface area contributed by atoms with E-state index in [1.54, 1.807) is 37.5 Å². The van der Waals surface area contributed by atoms with Crippen LogP contribution < -0.4 is 21.1 Å². The van der Waals surface area contributed by atoms with Gasteiger partial charge in [0.15, 0.2) is 0 Å². The predicted molar refractivity (Wildman–Crippen MR) is 135 cm³/mol. The van der Waals surface area contributed by atoms with E-state index in [0.717, 1.165) is 11.3 Å². The van der Waals surface area contributed by atoms with Gasteiger partial charge >= 0.3 is 0 Å². The average Bonchev–Trinajstić information content (AvgIpc) is 2.87. The Kier molecular flexibility index (Phi) is 8.13. The van der Waals surface area contributed by atoms with Gasteiger partial charge in [0, 0.05) is 32.2 Å². The fourth-order valence-corrected chi connectivity index (χ4v) is 4.71. The fourth-order valence-electron chi connectivity index (χ4n) is 3.54. The molecule has 10 nitrogen and oxygen atoms in total. The van der Waals surface area contributed by atoms with Crippen molar-refractivity contribution in [2.75, 3.05) is 57.6 Å². The summed E-state index contributed by atoms with van der Waals surface area (Å²) < 4.78 is 38.7. The Morgan fingerprint density at radius 1 is 1.03 bits per heavy atom. The second kappa shape index (κ2) is 11.5. The molecular formula is C24H30N6O4S. The van der Waals surface area contributed by atoms with Gasteiger partial charge in [0.05, 0.1) is 42.2 Å². The van der Waals surface area contributed by atoms with Gasteiger partial charge in [-0.15, -0.1) is 0 Å². The van der Waals surface area contributed by atoms with Crippen molar-refractivity contribution in [1.82, 2.24) is 19.6 Å². The standard InChI is InChI=1S/C24H30N6O4S/c1-30-12-10-26-11-13-33-14-15-34-23-5-3-2-4-20(23)27-17-22-24(25)28-16-21(29-22)18-6-8-19(9-7-18)35(30,31)32/h2-9,16,26-27H,10-15,17H2,1H3,(H2,25,28). The maximum Gasteiger partial charge on any atom is 0.242 e. The Bertz CT molecular complexity index is 1240. The number of benzene rings is 2. The lowest BCUT2D eigenvalue weighted by atomic mass is 10.1.